The first-order valence-corrected chi connectivity index (χ1v) is 8.72. The van der Waals surface area contributed by atoms with Crippen molar-refractivity contribution in [2.24, 2.45) is 0 Å². The number of halogens is 1. The second kappa shape index (κ2) is 7.03. The van der Waals surface area contributed by atoms with E-state index in [1.54, 1.807) is 42.5 Å². The Morgan fingerprint density at radius 3 is 2.55 bits per heavy atom. The van der Waals surface area contributed by atoms with Crippen molar-refractivity contribution in [2.45, 2.75) is 19.1 Å². The maximum atomic E-state index is 12.2. The molecule has 0 fully saturated rings. The lowest BCUT2D eigenvalue weighted by Crippen LogP contribution is -2.12. The third-order valence-electron chi connectivity index (χ3n) is 3.10. The van der Waals surface area contributed by atoms with E-state index in [1.807, 2.05) is 6.92 Å². The summed E-state index contributed by atoms with van der Waals surface area (Å²) in [7, 11) is -2.22. The fourth-order valence-electron chi connectivity index (χ4n) is 2.02. The van der Waals surface area contributed by atoms with Crippen LogP contribution in [0.3, 0.4) is 0 Å². The number of hydrogen-bond donors (Lipinski definition) is 0. The average Bonchev–Trinajstić information content (AvgIpc) is 2.48. The summed E-state index contributed by atoms with van der Waals surface area (Å²) in [6, 6.07) is 11.7. The van der Waals surface area contributed by atoms with E-state index in [4.69, 9.17) is 20.5 Å². The molecule has 4 nitrogen and oxygen atoms in total. The van der Waals surface area contributed by atoms with Gasteiger partial charge < -0.3 is 8.92 Å². The zero-order chi connectivity index (χ0) is 16.2. The van der Waals surface area contributed by atoms with Crippen LogP contribution in [0.4, 0.5) is 0 Å². The van der Waals surface area contributed by atoms with Crippen LogP contribution in [-0.2, 0) is 22.3 Å². The van der Waals surface area contributed by atoms with Gasteiger partial charge in [0.25, 0.3) is 0 Å². The van der Waals surface area contributed by atoms with Crippen molar-refractivity contribution in [2.75, 3.05) is 7.11 Å². The number of benzene rings is 2. The second-order valence-electron chi connectivity index (χ2n) is 4.74. The third kappa shape index (κ3) is 4.39. The van der Waals surface area contributed by atoms with Gasteiger partial charge in [0.15, 0.2) is 0 Å². The maximum Gasteiger partial charge on any atom is 0.313 e. The number of aryl methyl sites for hydroxylation is 1. The van der Waals surface area contributed by atoms with Gasteiger partial charge >= 0.3 is 10.1 Å². The summed E-state index contributed by atoms with van der Waals surface area (Å²) < 4.78 is 34.5. The number of rotatable bonds is 6. The summed E-state index contributed by atoms with van der Waals surface area (Å²) in [5, 5.41) is 0.597. The van der Waals surface area contributed by atoms with Crippen LogP contribution in [0.25, 0.3) is 0 Å². The summed E-state index contributed by atoms with van der Waals surface area (Å²) >= 11 is 6.01. The van der Waals surface area contributed by atoms with Gasteiger partial charge in [-0.3, -0.25) is 0 Å². The van der Waals surface area contributed by atoms with Crippen LogP contribution in [0.5, 0.6) is 11.5 Å². The molecule has 0 unspecified atom stereocenters. The Balaban J connectivity index is 2.17. The molecule has 0 aliphatic carbocycles. The van der Waals surface area contributed by atoms with Gasteiger partial charge in [0.2, 0.25) is 0 Å². The molecular formula is C16H17ClO4S. The summed E-state index contributed by atoms with van der Waals surface area (Å²) in [5.41, 5.74) is 1.44. The second-order valence-corrected chi connectivity index (χ2v) is 6.72. The molecule has 0 aromatic heterocycles. The Hall–Kier alpha value is -1.72. The molecule has 0 heterocycles. The summed E-state index contributed by atoms with van der Waals surface area (Å²) in [4.78, 5) is 0. The van der Waals surface area contributed by atoms with Crippen LogP contribution >= 0.6 is 11.6 Å². The summed E-state index contributed by atoms with van der Waals surface area (Å²) in [6.07, 6.45) is 0.700. The van der Waals surface area contributed by atoms with E-state index in [0.717, 1.165) is 5.56 Å². The van der Waals surface area contributed by atoms with Crippen molar-refractivity contribution >= 4 is 21.7 Å². The molecule has 0 radical (unpaired) electrons. The quantitative estimate of drug-likeness (QED) is 0.750. The highest BCUT2D eigenvalue weighted by Crippen LogP contribution is 2.24. The number of methoxy groups -OCH3 is 1. The predicted octanol–water partition coefficient (Wildman–Crippen LogP) is 3.82. The van der Waals surface area contributed by atoms with E-state index in [9.17, 15) is 8.42 Å². The lowest BCUT2D eigenvalue weighted by molar-refractivity contribution is 0.414. The summed E-state index contributed by atoms with van der Waals surface area (Å²) in [6.45, 7) is 1.94. The van der Waals surface area contributed by atoms with Crippen molar-refractivity contribution < 1.29 is 17.3 Å². The van der Waals surface area contributed by atoms with E-state index in [2.05, 4.69) is 0 Å². The first-order valence-electron chi connectivity index (χ1n) is 6.77. The Labute approximate surface area is 135 Å². The van der Waals surface area contributed by atoms with Crippen molar-refractivity contribution in [3.8, 4) is 11.5 Å². The van der Waals surface area contributed by atoms with E-state index < -0.39 is 10.1 Å². The fraction of sp³-hybridized carbons (Fsp3) is 0.250. The molecule has 2 rings (SSSR count). The molecule has 0 amide bonds. The third-order valence-corrected chi connectivity index (χ3v) is 4.60. The van der Waals surface area contributed by atoms with E-state index in [1.165, 1.54) is 7.11 Å². The van der Waals surface area contributed by atoms with Gasteiger partial charge in [-0.15, -0.1) is 0 Å². The van der Waals surface area contributed by atoms with Crippen molar-refractivity contribution in [1.29, 1.82) is 0 Å². The first kappa shape index (κ1) is 16.6. The molecule has 6 heteroatoms. The molecule has 0 bridgehead atoms. The minimum atomic E-state index is -3.75. The van der Waals surface area contributed by atoms with Crippen LogP contribution in [0.1, 0.15) is 18.1 Å². The zero-order valence-corrected chi connectivity index (χ0v) is 13.9. The van der Waals surface area contributed by atoms with E-state index >= 15 is 0 Å². The Morgan fingerprint density at radius 1 is 1.09 bits per heavy atom. The average molecular weight is 341 g/mol. The summed E-state index contributed by atoms with van der Waals surface area (Å²) in [5.74, 6) is 0.644. The fourth-order valence-corrected chi connectivity index (χ4v) is 3.31. The van der Waals surface area contributed by atoms with Crippen LogP contribution in [0, 0.1) is 0 Å². The van der Waals surface area contributed by atoms with E-state index in [0.29, 0.717) is 22.8 Å². The normalized spacial score (nSPS) is 11.2. The Kier molecular flexibility index (Phi) is 5.32. The number of ether oxygens (including phenoxy) is 1. The molecule has 0 aliphatic heterocycles. The molecule has 0 atom stereocenters. The minimum Gasteiger partial charge on any atom is -0.497 e. The highest BCUT2D eigenvalue weighted by Gasteiger charge is 2.15. The van der Waals surface area contributed by atoms with Crippen molar-refractivity contribution in [1.82, 2.24) is 0 Å². The van der Waals surface area contributed by atoms with Crippen LogP contribution in [0.15, 0.2) is 42.5 Å². The SMILES string of the molecule is CCc1cc(OS(=O)(=O)Cc2cccc(OC)c2)ccc1Cl. The maximum absolute atomic E-state index is 12.2. The van der Waals surface area contributed by atoms with Gasteiger partial charge in [-0.25, -0.2) is 0 Å². The van der Waals surface area contributed by atoms with Gasteiger partial charge in [0.05, 0.1) is 7.11 Å². The molecule has 2 aromatic rings. The standard InChI is InChI=1S/C16H17ClO4S/c1-3-13-10-15(7-8-16(13)17)21-22(18,19)11-12-5-4-6-14(9-12)20-2/h4-10H,3,11H2,1-2H3. The monoisotopic (exact) mass is 340 g/mol. The number of hydrogen-bond acceptors (Lipinski definition) is 4. The van der Waals surface area contributed by atoms with Gasteiger partial charge in [-0.2, -0.15) is 8.42 Å². The Morgan fingerprint density at radius 2 is 1.86 bits per heavy atom. The molecule has 0 saturated carbocycles. The molecule has 0 saturated heterocycles. The molecule has 0 spiro atoms. The van der Waals surface area contributed by atoms with Crippen LogP contribution in [0.2, 0.25) is 5.02 Å². The molecule has 0 aliphatic rings. The molecule has 118 valence electrons. The lowest BCUT2D eigenvalue weighted by Gasteiger charge is -2.10. The van der Waals surface area contributed by atoms with Gasteiger partial charge in [-0.05, 0) is 47.9 Å². The minimum absolute atomic E-state index is 0.228. The van der Waals surface area contributed by atoms with Gasteiger partial charge in [0.1, 0.15) is 17.3 Å². The molecule has 2 aromatic carbocycles. The van der Waals surface area contributed by atoms with Gasteiger partial charge in [0, 0.05) is 5.02 Å². The lowest BCUT2D eigenvalue weighted by atomic mass is 10.2. The molecular weight excluding hydrogens is 324 g/mol. The highest BCUT2D eigenvalue weighted by molar-refractivity contribution is 7.86. The Bertz CT molecular complexity index is 756. The topological polar surface area (TPSA) is 52.6 Å². The van der Waals surface area contributed by atoms with Crippen molar-refractivity contribution in [3.05, 3.63) is 58.6 Å². The highest BCUT2D eigenvalue weighted by atomic mass is 35.5. The van der Waals surface area contributed by atoms with Gasteiger partial charge in [-0.1, -0.05) is 30.7 Å². The first-order chi connectivity index (χ1) is 10.4. The van der Waals surface area contributed by atoms with Crippen LogP contribution in [-0.4, -0.2) is 15.5 Å². The smallest absolute Gasteiger partial charge is 0.313 e. The van der Waals surface area contributed by atoms with Crippen molar-refractivity contribution in [3.63, 3.8) is 0 Å². The predicted molar refractivity (Wildman–Crippen MR) is 87.1 cm³/mol. The molecule has 22 heavy (non-hydrogen) atoms. The van der Waals surface area contributed by atoms with Crippen LogP contribution < -0.4 is 8.92 Å². The van der Waals surface area contributed by atoms with E-state index in [-0.39, 0.29) is 11.5 Å². The zero-order valence-electron chi connectivity index (χ0n) is 12.4. The molecule has 0 N–H and O–H groups in total. The largest absolute Gasteiger partial charge is 0.497 e.